The summed E-state index contributed by atoms with van der Waals surface area (Å²) in [6.45, 7) is 6.09. The second-order valence-electron chi connectivity index (χ2n) is 7.52. The van der Waals surface area contributed by atoms with Crippen molar-refractivity contribution in [2.75, 3.05) is 11.3 Å². The van der Waals surface area contributed by atoms with E-state index in [0.29, 0.717) is 17.7 Å². The summed E-state index contributed by atoms with van der Waals surface area (Å²) in [5.74, 6) is -0.302. The summed E-state index contributed by atoms with van der Waals surface area (Å²) >= 11 is 1.65. The molecule has 0 aliphatic carbocycles. The molecule has 3 rings (SSSR count). The maximum atomic E-state index is 12.9. The van der Waals surface area contributed by atoms with Crippen molar-refractivity contribution in [1.29, 1.82) is 0 Å². The maximum absolute atomic E-state index is 12.9. The fourth-order valence-corrected chi connectivity index (χ4v) is 5.41. The van der Waals surface area contributed by atoms with E-state index in [0.717, 1.165) is 35.5 Å². The average Bonchev–Trinajstić information content (AvgIpc) is 3.14. The number of carbonyl (C=O) groups is 1. The lowest BCUT2D eigenvalue weighted by Gasteiger charge is -2.14. The largest absolute Gasteiger partial charge is 0.352 e. The molecule has 3 aromatic rings. The Morgan fingerprint density at radius 2 is 1.84 bits per heavy atom. The van der Waals surface area contributed by atoms with Gasteiger partial charge in [-0.3, -0.25) is 9.52 Å². The number of nitrogens with zero attached hydrogens (tertiary/aromatic N) is 1. The maximum Gasteiger partial charge on any atom is 0.262 e. The van der Waals surface area contributed by atoms with E-state index in [4.69, 9.17) is 0 Å². The molecular weight excluding hydrogens is 430 g/mol. The van der Waals surface area contributed by atoms with Gasteiger partial charge in [0, 0.05) is 17.6 Å². The molecule has 1 heterocycles. The average molecular weight is 458 g/mol. The van der Waals surface area contributed by atoms with Gasteiger partial charge in [0.15, 0.2) is 0 Å². The van der Waals surface area contributed by atoms with Crippen LogP contribution in [-0.2, 0) is 16.4 Å². The lowest BCUT2D eigenvalue weighted by Crippen LogP contribution is -2.26. The molecule has 0 radical (unpaired) electrons. The summed E-state index contributed by atoms with van der Waals surface area (Å²) in [4.78, 5) is 17.3. The van der Waals surface area contributed by atoms with Gasteiger partial charge in [-0.15, -0.1) is 11.3 Å². The first kappa shape index (κ1) is 23.0. The Kier molecular flexibility index (Phi) is 7.46. The second kappa shape index (κ2) is 10.1. The Morgan fingerprint density at radius 1 is 1.06 bits per heavy atom. The fraction of sp³-hybridized carbons (Fsp3) is 0.304. The van der Waals surface area contributed by atoms with Crippen LogP contribution < -0.4 is 10.0 Å². The van der Waals surface area contributed by atoms with E-state index in [-0.39, 0.29) is 16.5 Å². The van der Waals surface area contributed by atoms with Crippen LogP contribution in [0.25, 0.3) is 0 Å². The van der Waals surface area contributed by atoms with E-state index in [1.165, 1.54) is 0 Å². The zero-order valence-electron chi connectivity index (χ0n) is 17.9. The van der Waals surface area contributed by atoms with Crippen LogP contribution >= 0.6 is 11.3 Å². The number of aryl methyl sites for hydroxylation is 4. The van der Waals surface area contributed by atoms with Crippen molar-refractivity contribution >= 4 is 33.0 Å². The number of aromatic nitrogens is 1. The molecule has 1 amide bonds. The van der Waals surface area contributed by atoms with E-state index in [9.17, 15) is 13.2 Å². The van der Waals surface area contributed by atoms with Crippen LogP contribution in [0.1, 0.15) is 45.0 Å². The topological polar surface area (TPSA) is 88.2 Å². The molecule has 164 valence electrons. The normalized spacial score (nSPS) is 11.3. The summed E-state index contributed by atoms with van der Waals surface area (Å²) in [7, 11) is -3.82. The minimum absolute atomic E-state index is 0.208. The molecule has 0 atom stereocenters. The zero-order chi connectivity index (χ0) is 22.4. The molecule has 0 aliphatic rings. The number of carbonyl (C=O) groups excluding carboxylic acids is 1. The van der Waals surface area contributed by atoms with Crippen molar-refractivity contribution in [3.63, 3.8) is 0 Å². The van der Waals surface area contributed by atoms with Crippen molar-refractivity contribution < 1.29 is 13.2 Å². The van der Waals surface area contributed by atoms with E-state index >= 15 is 0 Å². The number of rotatable bonds is 9. The first-order valence-electron chi connectivity index (χ1n) is 10.1. The van der Waals surface area contributed by atoms with Crippen molar-refractivity contribution in [3.8, 4) is 0 Å². The summed E-state index contributed by atoms with van der Waals surface area (Å²) in [5, 5.41) is 6.03. The highest BCUT2D eigenvalue weighted by Crippen LogP contribution is 2.23. The molecule has 0 unspecified atom stereocenters. The number of anilines is 1. The third kappa shape index (κ3) is 6.15. The molecular formula is C23H27N3O3S2. The van der Waals surface area contributed by atoms with Gasteiger partial charge >= 0.3 is 0 Å². The van der Waals surface area contributed by atoms with Gasteiger partial charge in [0.1, 0.15) is 0 Å². The van der Waals surface area contributed by atoms with Crippen molar-refractivity contribution in [2.45, 2.75) is 44.9 Å². The van der Waals surface area contributed by atoms with E-state index in [1.54, 1.807) is 54.7 Å². The van der Waals surface area contributed by atoms with Crippen LogP contribution in [0.5, 0.6) is 0 Å². The number of hydrogen-bond acceptors (Lipinski definition) is 5. The number of amides is 1. The zero-order valence-corrected chi connectivity index (χ0v) is 19.6. The van der Waals surface area contributed by atoms with Gasteiger partial charge in [0.2, 0.25) is 0 Å². The SMILES string of the molecule is Cc1ccc(C)c(S(=O)(=O)Nc2ccccc2C(=O)NCCCCc2nc(C)cs2)c1. The number of sulfonamides is 1. The molecule has 1 aromatic heterocycles. The predicted molar refractivity (Wildman–Crippen MR) is 125 cm³/mol. The minimum Gasteiger partial charge on any atom is -0.352 e. The lowest BCUT2D eigenvalue weighted by atomic mass is 10.1. The molecule has 0 bridgehead atoms. The van der Waals surface area contributed by atoms with Gasteiger partial charge in [0.25, 0.3) is 15.9 Å². The van der Waals surface area contributed by atoms with Crippen LogP contribution in [0.4, 0.5) is 5.69 Å². The van der Waals surface area contributed by atoms with E-state index in [1.807, 2.05) is 25.3 Å². The highest BCUT2D eigenvalue weighted by Gasteiger charge is 2.20. The number of unbranched alkanes of at least 4 members (excludes halogenated alkanes) is 1. The quantitative estimate of drug-likeness (QED) is 0.459. The van der Waals surface area contributed by atoms with Crippen LogP contribution in [0.15, 0.2) is 52.7 Å². The molecule has 2 N–H and O–H groups in total. The Labute approximate surface area is 187 Å². The number of para-hydroxylation sites is 1. The molecule has 0 spiro atoms. The molecule has 2 aromatic carbocycles. The number of nitrogens with one attached hydrogen (secondary N) is 2. The Balaban J connectivity index is 1.62. The van der Waals surface area contributed by atoms with Crippen LogP contribution in [0, 0.1) is 20.8 Å². The first-order valence-corrected chi connectivity index (χ1v) is 12.5. The van der Waals surface area contributed by atoms with Crippen molar-refractivity contribution in [3.05, 3.63) is 75.2 Å². The van der Waals surface area contributed by atoms with Gasteiger partial charge in [-0.05, 0) is 69.4 Å². The highest BCUT2D eigenvalue weighted by molar-refractivity contribution is 7.92. The molecule has 8 heteroatoms. The molecule has 31 heavy (non-hydrogen) atoms. The smallest absolute Gasteiger partial charge is 0.262 e. The Bertz CT molecular complexity index is 1170. The first-order chi connectivity index (χ1) is 14.8. The van der Waals surface area contributed by atoms with Crippen LogP contribution in [-0.4, -0.2) is 25.9 Å². The van der Waals surface area contributed by atoms with E-state index < -0.39 is 10.0 Å². The number of hydrogen-bond donors (Lipinski definition) is 2. The minimum atomic E-state index is -3.82. The predicted octanol–water partition coefficient (Wildman–Crippen LogP) is 4.62. The Morgan fingerprint density at radius 3 is 2.58 bits per heavy atom. The fourth-order valence-electron chi connectivity index (χ4n) is 3.18. The number of benzene rings is 2. The number of thiazole rings is 1. The third-order valence-corrected chi connectivity index (χ3v) is 7.35. The molecule has 0 saturated heterocycles. The van der Waals surface area contributed by atoms with Gasteiger partial charge in [-0.2, -0.15) is 0 Å². The van der Waals surface area contributed by atoms with E-state index in [2.05, 4.69) is 15.0 Å². The van der Waals surface area contributed by atoms with Gasteiger partial charge in [-0.1, -0.05) is 24.3 Å². The summed E-state index contributed by atoms with van der Waals surface area (Å²) in [6.07, 6.45) is 2.63. The van der Waals surface area contributed by atoms with Crippen molar-refractivity contribution in [2.24, 2.45) is 0 Å². The molecule has 0 aliphatic heterocycles. The standard InChI is InChI=1S/C23H27N3O3S2/c1-16-11-12-17(2)21(14-16)31(28,29)26-20-9-5-4-8-19(20)23(27)24-13-7-6-10-22-25-18(3)15-30-22/h4-5,8-9,11-12,14-15,26H,6-7,10,13H2,1-3H3,(H,24,27). The lowest BCUT2D eigenvalue weighted by molar-refractivity contribution is 0.0954. The Hall–Kier alpha value is -2.71. The molecule has 6 nitrogen and oxygen atoms in total. The second-order valence-corrected chi connectivity index (χ2v) is 10.1. The van der Waals surface area contributed by atoms with Gasteiger partial charge < -0.3 is 5.32 Å². The molecule has 0 fully saturated rings. The van der Waals surface area contributed by atoms with Gasteiger partial charge in [0.05, 0.1) is 21.2 Å². The third-order valence-electron chi connectivity index (χ3n) is 4.82. The molecule has 0 saturated carbocycles. The van der Waals surface area contributed by atoms with Crippen LogP contribution in [0.2, 0.25) is 0 Å². The summed E-state index contributed by atoms with van der Waals surface area (Å²) in [5.41, 5.74) is 3.10. The van der Waals surface area contributed by atoms with Gasteiger partial charge in [-0.25, -0.2) is 13.4 Å². The summed E-state index contributed by atoms with van der Waals surface area (Å²) in [6, 6.07) is 11.9. The monoisotopic (exact) mass is 457 g/mol. The summed E-state index contributed by atoms with van der Waals surface area (Å²) < 4.78 is 28.5. The van der Waals surface area contributed by atoms with Crippen LogP contribution in [0.3, 0.4) is 0 Å². The highest BCUT2D eigenvalue weighted by atomic mass is 32.2. The van der Waals surface area contributed by atoms with Crippen molar-refractivity contribution in [1.82, 2.24) is 10.3 Å².